The molecule has 3 rings (SSSR count). The lowest BCUT2D eigenvalue weighted by molar-refractivity contribution is -0.384. The van der Waals surface area contributed by atoms with Gasteiger partial charge in [-0.25, -0.2) is 0 Å². The number of nitrogens with zero attached hydrogens (tertiary/aromatic N) is 1. The number of fused-ring (bicyclic) bond motifs is 1. The Labute approximate surface area is 148 Å². The molecule has 2 N–H and O–H groups in total. The lowest BCUT2D eigenvalue weighted by Crippen LogP contribution is -2.18. The number of nitrogens with one attached hydrogen (secondary N) is 2. The summed E-state index contributed by atoms with van der Waals surface area (Å²) in [5.41, 5.74) is 1.91. The maximum Gasteiger partial charge on any atom is 0.269 e. The molecule has 0 fully saturated rings. The minimum atomic E-state index is -0.573. The fraction of sp³-hybridized carbons (Fsp3) is 0.0526. The summed E-state index contributed by atoms with van der Waals surface area (Å²) in [5.74, 6) is -0.952. The summed E-state index contributed by atoms with van der Waals surface area (Å²) in [5, 5.41) is 14.2. The quantitative estimate of drug-likeness (QED) is 0.241. The molecule has 0 unspecified atom stereocenters. The van der Waals surface area contributed by atoms with E-state index < -0.39 is 10.8 Å². The van der Waals surface area contributed by atoms with Crippen LogP contribution in [0.5, 0.6) is 0 Å². The summed E-state index contributed by atoms with van der Waals surface area (Å²) < 4.78 is 0. The van der Waals surface area contributed by atoms with E-state index in [4.69, 9.17) is 0 Å². The Hall–Kier alpha value is -3.74. The van der Waals surface area contributed by atoms with E-state index in [1.807, 2.05) is 24.3 Å². The number of hydrogen-bond acceptors (Lipinski definition) is 4. The Morgan fingerprint density at radius 1 is 1.12 bits per heavy atom. The zero-order valence-electron chi connectivity index (χ0n) is 13.9. The van der Waals surface area contributed by atoms with Gasteiger partial charge in [-0.1, -0.05) is 18.2 Å². The van der Waals surface area contributed by atoms with Crippen molar-refractivity contribution in [3.05, 3.63) is 76.0 Å². The van der Waals surface area contributed by atoms with Crippen LogP contribution in [0, 0.1) is 10.1 Å². The van der Waals surface area contributed by atoms with Gasteiger partial charge in [0.2, 0.25) is 0 Å². The molecule has 0 saturated heterocycles. The van der Waals surface area contributed by atoms with Gasteiger partial charge in [0.1, 0.15) is 0 Å². The lowest BCUT2D eigenvalue weighted by atomic mass is 10.1. The lowest BCUT2D eigenvalue weighted by Gasteiger charge is -2.06. The van der Waals surface area contributed by atoms with Crippen LogP contribution >= 0.6 is 0 Å². The standard InChI is InChI=1S/C19H15N3O4/c1-12(23)17(10-13-11-20-18-5-3-2-4-16(13)18)19(24)21-14-6-8-15(9-7-14)22(25)26/h2-11,20H,1H3,(H,21,24)/b17-10+. The molecule has 7 nitrogen and oxygen atoms in total. The van der Waals surface area contributed by atoms with E-state index in [0.29, 0.717) is 5.69 Å². The van der Waals surface area contributed by atoms with Crippen LogP contribution in [0.1, 0.15) is 12.5 Å². The van der Waals surface area contributed by atoms with Crippen molar-refractivity contribution in [2.24, 2.45) is 0 Å². The molecule has 7 heteroatoms. The molecule has 0 saturated carbocycles. The first-order chi connectivity index (χ1) is 12.5. The summed E-state index contributed by atoms with van der Waals surface area (Å²) in [6.07, 6.45) is 3.26. The molecular formula is C19H15N3O4. The molecule has 0 aliphatic carbocycles. The van der Waals surface area contributed by atoms with Gasteiger partial charge < -0.3 is 10.3 Å². The van der Waals surface area contributed by atoms with Gasteiger partial charge in [0.15, 0.2) is 5.78 Å². The maximum absolute atomic E-state index is 12.5. The average Bonchev–Trinajstić information content (AvgIpc) is 3.02. The molecule has 1 amide bonds. The van der Waals surface area contributed by atoms with Gasteiger partial charge in [-0.3, -0.25) is 19.7 Å². The van der Waals surface area contributed by atoms with Crippen LogP contribution < -0.4 is 5.32 Å². The van der Waals surface area contributed by atoms with E-state index in [0.717, 1.165) is 16.5 Å². The summed E-state index contributed by atoms with van der Waals surface area (Å²) in [6.45, 7) is 1.32. The largest absolute Gasteiger partial charge is 0.361 e. The van der Waals surface area contributed by atoms with Crippen LogP contribution in [0.3, 0.4) is 0 Å². The van der Waals surface area contributed by atoms with Gasteiger partial charge in [0.05, 0.1) is 10.5 Å². The summed E-state index contributed by atoms with van der Waals surface area (Å²) >= 11 is 0. The monoisotopic (exact) mass is 349 g/mol. The number of H-pyrrole nitrogens is 1. The number of non-ortho nitro benzene ring substituents is 1. The number of nitro groups is 1. The van der Waals surface area contributed by atoms with Gasteiger partial charge in [-0.2, -0.15) is 0 Å². The predicted molar refractivity (Wildman–Crippen MR) is 98.7 cm³/mol. The summed E-state index contributed by atoms with van der Waals surface area (Å²) in [4.78, 5) is 37.7. The minimum Gasteiger partial charge on any atom is -0.361 e. The number of carbonyl (C=O) groups is 2. The Morgan fingerprint density at radius 2 is 1.81 bits per heavy atom. The van der Waals surface area contributed by atoms with E-state index in [9.17, 15) is 19.7 Å². The number of hydrogen-bond donors (Lipinski definition) is 2. The fourth-order valence-electron chi connectivity index (χ4n) is 2.56. The number of para-hydroxylation sites is 1. The second kappa shape index (κ2) is 7.02. The summed E-state index contributed by atoms with van der Waals surface area (Å²) in [7, 11) is 0. The normalized spacial score (nSPS) is 11.3. The molecule has 0 bridgehead atoms. The summed E-state index contributed by atoms with van der Waals surface area (Å²) in [6, 6.07) is 13.0. The zero-order chi connectivity index (χ0) is 18.7. The molecule has 1 heterocycles. The maximum atomic E-state index is 12.5. The molecule has 0 aliphatic rings. The van der Waals surface area contributed by atoms with E-state index in [2.05, 4.69) is 10.3 Å². The molecule has 26 heavy (non-hydrogen) atoms. The van der Waals surface area contributed by atoms with Crippen molar-refractivity contribution >= 4 is 40.0 Å². The van der Waals surface area contributed by atoms with Crippen molar-refractivity contribution in [2.75, 3.05) is 5.32 Å². The second-order valence-corrected chi connectivity index (χ2v) is 5.66. The fourth-order valence-corrected chi connectivity index (χ4v) is 2.56. The van der Waals surface area contributed by atoms with Crippen LogP contribution in [0.4, 0.5) is 11.4 Å². The van der Waals surface area contributed by atoms with Gasteiger partial charge in [0.25, 0.3) is 11.6 Å². The highest BCUT2D eigenvalue weighted by Gasteiger charge is 2.16. The molecule has 3 aromatic rings. The van der Waals surface area contributed by atoms with Crippen LogP contribution in [-0.2, 0) is 9.59 Å². The zero-order valence-corrected chi connectivity index (χ0v) is 13.9. The SMILES string of the molecule is CC(=O)/C(=C\c1c[nH]c2ccccc12)C(=O)Nc1ccc([N+](=O)[O-])cc1. The Balaban J connectivity index is 1.88. The Kier molecular flexibility index (Phi) is 4.62. The van der Waals surface area contributed by atoms with Gasteiger partial charge >= 0.3 is 0 Å². The van der Waals surface area contributed by atoms with Gasteiger partial charge in [0, 0.05) is 40.5 Å². The van der Waals surface area contributed by atoms with Crippen LogP contribution in [0.25, 0.3) is 17.0 Å². The van der Waals surface area contributed by atoms with Crippen molar-refractivity contribution in [3.8, 4) is 0 Å². The molecule has 130 valence electrons. The third kappa shape index (κ3) is 3.51. The minimum absolute atomic E-state index is 0.00638. The average molecular weight is 349 g/mol. The number of Topliss-reactive ketones (excluding diaryl/α,β-unsaturated/α-hetero) is 1. The number of amides is 1. The highest BCUT2D eigenvalue weighted by Crippen LogP contribution is 2.22. The number of carbonyl (C=O) groups excluding carboxylic acids is 2. The van der Waals surface area contributed by atoms with Gasteiger partial charge in [-0.05, 0) is 31.2 Å². The number of ketones is 1. The number of anilines is 1. The number of aromatic amines is 1. The van der Waals surface area contributed by atoms with Crippen LogP contribution in [0.15, 0.2) is 60.3 Å². The number of nitro benzene ring substituents is 1. The van der Waals surface area contributed by atoms with Crippen molar-refractivity contribution in [1.82, 2.24) is 4.98 Å². The van der Waals surface area contributed by atoms with Crippen molar-refractivity contribution in [3.63, 3.8) is 0 Å². The van der Waals surface area contributed by atoms with Gasteiger partial charge in [-0.15, -0.1) is 0 Å². The highest BCUT2D eigenvalue weighted by molar-refractivity contribution is 6.26. The van der Waals surface area contributed by atoms with Crippen molar-refractivity contribution in [2.45, 2.75) is 6.92 Å². The van der Waals surface area contributed by atoms with Crippen molar-refractivity contribution < 1.29 is 14.5 Å². The highest BCUT2D eigenvalue weighted by atomic mass is 16.6. The topological polar surface area (TPSA) is 105 Å². The van der Waals surface area contributed by atoms with E-state index >= 15 is 0 Å². The number of rotatable bonds is 5. The third-order valence-corrected chi connectivity index (χ3v) is 3.88. The van der Waals surface area contributed by atoms with E-state index in [1.165, 1.54) is 37.3 Å². The predicted octanol–water partition coefficient (Wildman–Crippen LogP) is 3.69. The Morgan fingerprint density at radius 3 is 2.46 bits per heavy atom. The number of aromatic nitrogens is 1. The molecule has 0 atom stereocenters. The first kappa shape index (κ1) is 17.1. The smallest absolute Gasteiger partial charge is 0.269 e. The molecular weight excluding hydrogens is 334 g/mol. The van der Waals surface area contributed by atoms with E-state index in [-0.39, 0.29) is 17.0 Å². The van der Waals surface area contributed by atoms with Crippen molar-refractivity contribution in [1.29, 1.82) is 0 Å². The molecule has 1 aromatic heterocycles. The Bertz CT molecular complexity index is 1030. The molecule has 0 aliphatic heterocycles. The third-order valence-electron chi connectivity index (χ3n) is 3.88. The first-order valence-corrected chi connectivity index (χ1v) is 7.80. The number of benzene rings is 2. The van der Waals surface area contributed by atoms with Crippen LogP contribution in [0.2, 0.25) is 0 Å². The van der Waals surface area contributed by atoms with E-state index in [1.54, 1.807) is 6.20 Å². The molecule has 0 radical (unpaired) electrons. The second-order valence-electron chi connectivity index (χ2n) is 5.66. The molecule has 0 spiro atoms. The molecule has 2 aromatic carbocycles. The first-order valence-electron chi connectivity index (χ1n) is 7.80. The van der Waals surface area contributed by atoms with Crippen LogP contribution in [-0.4, -0.2) is 21.6 Å².